The van der Waals surface area contributed by atoms with Gasteiger partial charge in [0.2, 0.25) is 5.91 Å². The van der Waals surface area contributed by atoms with Crippen molar-refractivity contribution in [1.29, 1.82) is 0 Å². The van der Waals surface area contributed by atoms with E-state index in [1.54, 1.807) is 0 Å². The first kappa shape index (κ1) is 15.5. The van der Waals surface area contributed by atoms with Gasteiger partial charge in [0, 0.05) is 6.42 Å². The molecule has 120 valence electrons. The van der Waals surface area contributed by atoms with E-state index >= 15 is 0 Å². The summed E-state index contributed by atoms with van der Waals surface area (Å²) < 4.78 is 0. The second-order valence-corrected chi connectivity index (χ2v) is 6.92. The monoisotopic (exact) mass is 300 g/mol. The highest BCUT2D eigenvalue weighted by atomic mass is 16.1. The zero-order chi connectivity index (χ0) is 15.4. The van der Waals surface area contributed by atoms with Crippen molar-refractivity contribution in [1.82, 2.24) is 10.6 Å². The average molecular weight is 300 g/mol. The van der Waals surface area contributed by atoms with Gasteiger partial charge < -0.3 is 10.6 Å². The van der Waals surface area contributed by atoms with Crippen molar-refractivity contribution in [2.75, 3.05) is 13.1 Å². The number of carbonyl (C=O) groups is 1. The summed E-state index contributed by atoms with van der Waals surface area (Å²) in [4.78, 5) is 12.3. The van der Waals surface area contributed by atoms with E-state index in [1.165, 1.54) is 42.4 Å². The molecule has 0 spiro atoms. The highest BCUT2D eigenvalue weighted by Crippen LogP contribution is 2.25. The Labute approximate surface area is 133 Å². The number of piperidine rings is 1. The molecule has 1 aliphatic carbocycles. The summed E-state index contributed by atoms with van der Waals surface area (Å²) >= 11 is 0. The van der Waals surface area contributed by atoms with E-state index in [2.05, 4.69) is 35.8 Å². The molecule has 1 heterocycles. The molecule has 1 aromatic rings. The fourth-order valence-electron chi connectivity index (χ4n) is 3.75. The summed E-state index contributed by atoms with van der Waals surface area (Å²) in [6, 6.07) is 6.88. The third kappa shape index (κ3) is 3.89. The molecule has 3 nitrogen and oxygen atoms in total. The van der Waals surface area contributed by atoms with Crippen molar-refractivity contribution in [3.63, 3.8) is 0 Å². The SMILES string of the molecule is CC(NC(=O)CC1CCNCC1)c1ccc2c(c1)CCCC2. The van der Waals surface area contributed by atoms with Crippen LogP contribution in [0.1, 0.15) is 61.8 Å². The molecule has 2 N–H and O–H groups in total. The molecule has 1 saturated heterocycles. The second kappa shape index (κ2) is 7.28. The van der Waals surface area contributed by atoms with Crippen LogP contribution in [-0.2, 0) is 17.6 Å². The van der Waals surface area contributed by atoms with Crippen LogP contribution in [0, 0.1) is 5.92 Å². The first-order valence-electron chi connectivity index (χ1n) is 8.84. The van der Waals surface area contributed by atoms with Gasteiger partial charge >= 0.3 is 0 Å². The number of nitrogens with one attached hydrogen (secondary N) is 2. The van der Waals surface area contributed by atoms with Crippen LogP contribution in [0.5, 0.6) is 0 Å². The zero-order valence-corrected chi connectivity index (χ0v) is 13.7. The standard InChI is InChI=1S/C19H28N2O/c1-14(21-19(22)12-15-8-10-20-11-9-15)17-7-6-16-4-2-3-5-18(16)13-17/h6-7,13-15,20H,2-5,8-12H2,1H3,(H,21,22). The molecule has 1 fully saturated rings. The maximum Gasteiger partial charge on any atom is 0.220 e. The van der Waals surface area contributed by atoms with E-state index in [9.17, 15) is 4.79 Å². The third-order valence-electron chi connectivity index (χ3n) is 5.18. The molecule has 3 heteroatoms. The third-order valence-corrected chi connectivity index (χ3v) is 5.18. The van der Waals surface area contributed by atoms with Gasteiger partial charge in [-0.2, -0.15) is 0 Å². The maximum atomic E-state index is 12.3. The number of aryl methyl sites for hydroxylation is 2. The van der Waals surface area contributed by atoms with Crippen LogP contribution in [0.15, 0.2) is 18.2 Å². The van der Waals surface area contributed by atoms with E-state index in [4.69, 9.17) is 0 Å². The minimum Gasteiger partial charge on any atom is -0.350 e. The van der Waals surface area contributed by atoms with Crippen LogP contribution in [-0.4, -0.2) is 19.0 Å². The molecule has 1 aromatic carbocycles. The molecular formula is C19H28N2O. The molecule has 3 rings (SSSR count). The Morgan fingerprint density at radius 2 is 1.95 bits per heavy atom. The molecule has 1 aliphatic heterocycles. The summed E-state index contributed by atoms with van der Waals surface area (Å²) in [5.74, 6) is 0.758. The quantitative estimate of drug-likeness (QED) is 0.897. The normalized spacial score (nSPS) is 20.2. The van der Waals surface area contributed by atoms with E-state index < -0.39 is 0 Å². The Morgan fingerprint density at radius 1 is 1.23 bits per heavy atom. The number of hydrogen-bond donors (Lipinski definition) is 2. The minimum atomic E-state index is 0.112. The highest BCUT2D eigenvalue weighted by Gasteiger charge is 2.19. The number of benzene rings is 1. The Morgan fingerprint density at radius 3 is 2.73 bits per heavy atom. The van der Waals surface area contributed by atoms with Gasteiger partial charge in [-0.3, -0.25) is 4.79 Å². The molecule has 22 heavy (non-hydrogen) atoms. The Kier molecular flexibility index (Phi) is 5.14. The zero-order valence-electron chi connectivity index (χ0n) is 13.7. The number of carbonyl (C=O) groups excluding carboxylic acids is 1. The molecule has 0 aromatic heterocycles. The molecule has 1 unspecified atom stereocenters. The lowest BCUT2D eigenvalue weighted by Crippen LogP contribution is -2.33. The summed E-state index contributed by atoms with van der Waals surface area (Å²) in [6.07, 6.45) is 7.95. The van der Waals surface area contributed by atoms with E-state index in [0.29, 0.717) is 12.3 Å². The van der Waals surface area contributed by atoms with Crippen LogP contribution in [0.3, 0.4) is 0 Å². The second-order valence-electron chi connectivity index (χ2n) is 6.92. The van der Waals surface area contributed by atoms with Crippen molar-refractivity contribution in [3.05, 3.63) is 34.9 Å². The van der Waals surface area contributed by atoms with Gasteiger partial charge in [-0.1, -0.05) is 18.2 Å². The first-order chi connectivity index (χ1) is 10.7. The number of fused-ring (bicyclic) bond motifs is 1. The van der Waals surface area contributed by atoms with Crippen molar-refractivity contribution >= 4 is 5.91 Å². The molecule has 2 aliphatic rings. The molecule has 1 atom stereocenters. The van der Waals surface area contributed by atoms with E-state index in [1.807, 2.05) is 0 Å². The van der Waals surface area contributed by atoms with Gasteiger partial charge in [-0.25, -0.2) is 0 Å². The van der Waals surface area contributed by atoms with Crippen LogP contribution in [0.4, 0.5) is 0 Å². The fraction of sp³-hybridized carbons (Fsp3) is 0.632. The lowest BCUT2D eigenvalue weighted by molar-refractivity contribution is -0.122. The largest absolute Gasteiger partial charge is 0.350 e. The van der Waals surface area contributed by atoms with Crippen molar-refractivity contribution in [2.45, 2.75) is 57.9 Å². The average Bonchev–Trinajstić information content (AvgIpc) is 2.55. The highest BCUT2D eigenvalue weighted by molar-refractivity contribution is 5.76. The number of rotatable bonds is 4. The van der Waals surface area contributed by atoms with Gasteiger partial charge in [0.05, 0.1) is 6.04 Å². The van der Waals surface area contributed by atoms with Gasteiger partial charge in [0.25, 0.3) is 0 Å². The summed E-state index contributed by atoms with van der Waals surface area (Å²) in [5, 5.41) is 6.54. The van der Waals surface area contributed by atoms with E-state index in [0.717, 1.165) is 25.9 Å². The Balaban J connectivity index is 1.56. The van der Waals surface area contributed by atoms with Crippen LogP contribution in [0.2, 0.25) is 0 Å². The lowest BCUT2D eigenvalue weighted by Gasteiger charge is -2.24. The Hall–Kier alpha value is -1.35. The summed E-state index contributed by atoms with van der Waals surface area (Å²) in [5.41, 5.74) is 4.24. The number of amides is 1. The molecular weight excluding hydrogens is 272 g/mol. The van der Waals surface area contributed by atoms with Gasteiger partial charge in [-0.15, -0.1) is 0 Å². The summed E-state index contributed by atoms with van der Waals surface area (Å²) in [7, 11) is 0. The van der Waals surface area contributed by atoms with E-state index in [-0.39, 0.29) is 11.9 Å². The molecule has 0 saturated carbocycles. The predicted molar refractivity (Wildman–Crippen MR) is 89.9 cm³/mol. The van der Waals surface area contributed by atoms with Crippen molar-refractivity contribution in [2.24, 2.45) is 5.92 Å². The van der Waals surface area contributed by atoms with Crippen LogP contribution < -0.4 is 10.6 Å². The first-order valence-corrected chi connectivity index (χ1v) is 8.84. The van der Waals surface area contributed by atoms with Crippen molar-refractivity contribution in [3.8, 4) is 0 Å². The summed E-state index contributed by atoms with van der Waals surface area (Å²) in [6.45, 7) is 4.21. The maximum absolute atomic E-state index is 12.3. The fourth-order valence-corrected chi connectivity index (χ4v) is 3.75. The van der Waals surface area contributed by atoms with Crippen LogP contribution in [0.25, 0.3) is 0 Å². The van der Waals surface area contributed by atoms with Gasteiger partial charge in [0.15, 0.2) is 0 Å². The molecule has 1 amide bonds. The molecule has 0 radical (unpaired) electrons. The predicted octanol–water partition coefficient (Wildman–Crippen LogP) is 3.13. The smallest absolute Gasteiger partial charge is 0.220 e. The lowest BCUT2D eigenvalue weighted by atomic mass is 9.89. The van der Waals surface area contributed by atoms with Gasteiger partial charge in [-0.05, 0) is 81.1 Å². The minimum absolute atomic E-state index is 0.112. The van der Waals surface area contributed by atoms with Crippen LogP contribution >= 0.6 is 0 Å². The number of hydrogen-bond acceptors (Lipinski definition) is 2. The van der Waals surface area contributed by atoms with Crippen molar-refractivity contribution < 1.29 is 4.79 Å². The topological polar surface area (TPSA) is 41.1 Å². The molecule has 0 bridgehead atoms. The van der Waals surface area contributed by atoms with Gasteiger partial charge in [0.1, 0.15) is 0 Å². The Bertz CT molecular complexity index is 520.